The third-order valence-corrected chi connectivity index (χ3v) is 5.33. The zero-order chi connectivity index (χ0) is 14.7. The molecule has 0 radical (unpaired) electrons. The molecular weight excluding hydrogens is 266 g/mol. The van der Waals surface area contributed by atoms with Crippen LogP contribution in [0.3, 0.4) is 0 Å². The van der Waals surface area contributed by atoms with Crippen molar-refractivity contribution in [3.8, 4) is 11.5 Å². The molecule has 19 heavy (non-hydrogen) atoms. The number of benzene rings is 1. The molecule has 0 aliphatic heterocycles. The van der Waals surface area contributed by atoms with Gasteiger partial charge in [0.25, 0.3) is 0 Å². The minimum Gasteiger partial charge on any atom is -0.495 e. The number of anilines is 1. The number of nitrogen functional groups attached to an aromatic ring is 1. The number of hydrogen-bond acceptors (Lipinski definition) is 5. The normalized spacial score (nSPS) is 12.2. The van der Waals surface area contributed by atoms with Crippen LogP contribution in [-0.2, 0) is 9.84 Å². The molecule has 108 valence electrons. The van der Waals surface area contributed by atoms with Gasteiger partial charge in [-0.25, -0.2) is 8.42 Å². The third kappa shape index (κ3) is 4.02. The molecule has 1 aromatic carbocycles. The van der Waals surface area contributed by atoms with E-state index in [0.29, 0.717) is 17.2 Å². The van der Waals surface area contributed by atoms with Crippen LogP contribution >= 0.6 is 0 Å². The number of nitrogens with two attached hydrogens (primary N) is 1. The van der Waals surface area contributed by atoms with Crippen molar-refractivity contribution in [2.45, 2.75) is 25.5 Å². The first kappa shape index (κ1) is 15.6. The zero-order valence-electron chi connectivity index (χ0n) is 11.8. The fourth-order valence-corrected chi connectivity index (χ4v) is 2.29. The van der Waals surface area contributed by atoms with Crippen molar-refractivity contribution in [3.05, 3.63) is 18.2 Å². The van der Waals surface area contributed by atoms with Crippen molar-refractivity contribution >= 4 is 15.5 Å². The van der Waals surface area contributed by atoms with Gasteiger partial charge in [0.1, 0.15) is 18.1 Å². The van der Waals surface area contributed by atoms with E-state index in [1.807, 2.05) is 0 Å². The van der Waals surface area contributed by atoms with Crippen LogP contribution in [0.25, 0.3) is 0 Å². The van der Waals surface area contributed by atoms with Gasteiger partial charge in [0.2, 0.25) is 0 Å². The lowest BCUT2D eigenvalue weighted by atomic mass is 10.3. The third-order valence-electron chi connectivity index (χ3n) is 2.75. The summed E-state index contributed by atoms with van der Waals surface area (Å²) in [6, 6.07) is 4.99. The molecule has 0 aliphatic carbocycles. The highest BCUT2D eigenvalue weighted by Gasteiger charge is 2.28. The van der Waals surface area contributed by atoms with Crippen molar-refractivity contribution < 1.29 is 17.9 Å². The first-order valence-electron chi connectivity index (χ1n) is 5.96. The number of sulfone groups is 1. The van der Waals surface area contributed by atoms with E-state index < -0.39 is 14.6 Å². The van der Waals surface area contributed by atoms with Gasteiger partial charge in [0, 0.05) is 6.07 Å². The molecule has 0 heterocycles. The van der Waals surface area contributed by atoms with Gasteiger partial charge in [0.15, 0.2) is 9.84 Å². The van der Waals surface area contributed by atoms with E-state index in [9.17, 15) is 8.42 Å². The Balaban J connectivity index is 2.62. The Bertz CT molecular complexity index is 532. The smallest absolute Gasteiger partial charge is 0.158 e. The van der Waals surface area contributed by atoms with Crippen LogP contribution in [0.15, 0.2) is 18.2 Å². The molecule has 0 aromatic heterocycles. The standard InChI is InChI=1S/C13H21NO4S/c1-13(2,3)19(15,16)8-7-18-10-5-6-12(17-4)11(14)9-10/h5-6,9H,7-8,14H2,1-4H3. The van der Waals surface area contributed by atoms with E-state index in [0.717, 1.165) is 0 Å². The number of hydrogen-bond donors (Lipinski definition) is 1. The van der Waals surface area contributed by atoms with Gasteiger partial charge >= 0.3 is 0 Å². The van der Waals surface area contributed by atoms with E-state index in [1.165, 1.54) is 7.11 Å². The van der Waals surface area contributed by atoms with E-state index in [2.05, 4.69) is 0 Å². The minimum absolute atomic E-state index is 0.0254. The molecule has 0 aliphatic rings. The SMILES string of the molecule is COc1ccc(OCCS(=O)(=O)C(C)(C)C)cc1N. The Morgan fingerprint density at radius 2 is 1.89 bits per heavy atom. The minimum atomic E-state index is -3.17. The van der Waals surface area contributed by atoms with E-state index in [-0.39, 0.29) is 12.4 Å². The van der Waals surface area contributed by atoms with E-state index in [1.54, 1.807) is 39.0 Å². The molecule has 0 spiro atoms. The average molecular weight is 287 g/mol. The molecule has 2 N–H and O–H groups in total. The van der Waals surface area contributed by atoms with Crippen LogP contribution in [0.4, 0.5) is 5.69 Å². The number of ether oxygens (including phenoxy) is 2. The predicted molar refractivity (Wildman–Crippen MR) is 76.4 cm³/mol. The van der Waals surface area contributed by atoms with Crippen LogP contribution in [0, 0.1) is 0 Å². The molecule has 1 aromatic rings. The van der Waals surface area contributed by atoms with Gasteiger partial charge in [-0.1, -0.05) is 0 Å². The number of methoxy groups -OCH3 is 1. The lowest BCUT2D eigenvalue weighted by molar-refractivity contribution is 0.339. The van der Waals surface area contributed by atoms with Gasteiger partial charge in [-0.2, -0.15) is 0 Å². The highest BCUT2D eigenvalue weighted by molar-refractivity contribution is 7.92. The molecular formula is C13H21NO4S. The molecule has 6 heteroatoms. The summed E-state index contributed by atoms with van der Waals surface area (Å²) >= 11 is 0. The molecule has 0 unspecified atom stereocenters. The van der Waals surface area contributed by atoms with E-state index in [4.69, 9.17) is 15.2 Å². The molecule has 0 amide bonds. The Labute approximate surface area is 114 Å². The van der Waals surface area contributed by atoms with Crippen LogP contribution in [0.2, 0.25) is 0 Å². The Hall–Kier alpha value is -1.43. The molecule has 1 rings (SSSR count). The van der Waals surface area contributed by atoms with Crippen LogP contribution in [0.1, 0.15) is 20.8 Å². The molecule has 5 nitrogen and oxygen atoms in total. The average Bonchev–Trinajstić information content (AvgIpc) is 2.27. The Morgan fingerprint density at radius 1 is 1.26 bits per heavy atom. The monoisotopic (exact) mass is 287 g/mol. The highest BCUT2D eigenvalue weighted by Crippen LogP contribution is 2.26. The van der Waals surface area contributed by atoms with Crippen LogP contribution < -0.4 is 15.2 Å². The Morgan fingerprint density at radius 3 is 2.37 bits per heavy atom. The summed E-state index contributed by atoms with van der Waals surface area (Å²) in [7, 11) is -1.64. The van der Waals surface area contributed by atoms with Gasteiger partial charge in [-0.15, -0.1) is 0 Å². The second kappa shape index (κ2) is 5.69. The summed E-state index contributed by atoms with van der Waals surface area (Å²) in [5.74, 6) is 1.07. The highest BCUT2D eigenvalue weighted by atomic mass is 32.2. The second-order valence-electron chi connectivity index (χ2n) is 5.18. The second-order valence-corrected chi connectivity index (χ2v) is 8.05. The van der Waals surface area contributed by atoms with Crippen molar-refractivity contribution in [2.24, 2.45) is 0 Å². The summed E-state index contributed by atoms with van der Waals surface area (Å²) in [5, 5.41) is 0. The summed E-state index contributed by atoms with van der Waals surface area (Å²) in [5.41, 5.74) is 6.19. The fourth-order valence-electron chi connectivity index (χ4n) is 1.38. The van der Waals surface area contributed by atoms with Crippen molar-refractivity contribution in [2.75, 3.05) is 25.2 Å². The van der Waals surface area contributed by atoms with Gasteiger partial charge in [-0.05, 0) is 32.9 Å². The quantitative estimate of drug-likeness (QED) is 0.836. The predicted octanol–water partition coefficient (Wildman–Crippen LogP) is 1.87. The van der Waals surface area contributed by atoms with Crippen molar-refractivity contribution in [1.82, 2.24) is 0 Å². The maximum Gasteiger partial charge on any atom is 0.158 e. The van der Waals surface area contributed by atoms with Crippen molar-refractivity contribution in [3.63, 3.8) is 0 Å². The summed E-state index contributed by atoms with van der Waals surface area (Å²) in [4.78, 5) is 0. The van der Waals surface area contributed by atoms with E-state index >= 15 is 0 Å². The molecule has 0 bridgehead atoms. The molecule has 0 saturated carbocycles. The molecule has 0 saturated heterocycles. The van der Waals surface area contributed by atoms with Crippen LogP contribution in [-0.4, -0.2) is 32.6 Å². The molecule has 0 atom stereocenters. The van der Waals surface area contributed by atoms with Gasteiger partial charge in [-0.3, -0.25) is 0 Å². The first-order valence-corrected chi connectivity index (χ1v) is 7.61. The van der Waals surface area contributed by atoms with Gasteiger partial charge < -0.3 is 15.2 Å². The maximum atomic E-state index is 11.9. The number of rotatable bonds is 5. The molecule has 0 fully saturated rings. The Kier molecular flexibility index (Phi) is 4.68. The first-order chi connectivity index (χ1) is 8.67. The summed E-state index contributed by atoms with van der Waals surface area (Å²) < 4.78 is 33.4. The summed E-state index contributed by atoms with van der Waals surface area (Å²) in [6.45, 7) is 5.13. The lowest BCUT2D eigenvalue weighted by Gasteiger charge is -2.19. The topological polar surface area (TPSA) is 78.6 Å². The zero-order valence-corrected chi connectivity index (χ0v) is 12.6. The fraction of sp³-hybridized carbons (Fsp3) is 0.538. The largest absolute Gasteiger partial charge is 0.495 e. The maximum absolute atomic E-state index is 11.9. The summed E-state index contributed by atoms with van der Waals surface area (Å²) in [6.07, 6.45) is 0. The van der Waals surface area contributed by atoms with Crippen LogP contribution in [0.5, 0.6) is 11.5 Å². The van der Waals surface area contributed by atoms with Crippen molar-refractivity contribution in [1.29, 1.82) is 0 Å². The van der Waals surface area contributed by atoms with Gasteiger partial charge in [0.05, 0.1) is 23.3 Å². The lowest BCUT2D eigenvalue weighted by Crippen LogP contribution is -2.32.